The molecule has 0 saturated heterocycles. The SMILES string of the molecule is COc1cccc(CNc2nc(N)c3cc(OC)c(OC)cc3n2)c1. The number of nitrogens with two attached hydrogens (primary N) is 1. The molecular formula is C18H20N4O3. The van der Waals surface area contributed by atoms with Gasteiger partial charge in [0, 0.05) is 18.0 Å². The van der Waals surface area contributed by atoms with Crippen molar-refractivity contribution in [2.45, 2.75) is 6.54 Å². The number of anilines is 2. The predicted molar refractivity (Wildman–Crippen MR) is 97.4 cm³/mol. The Kier molecular flexibility index (Phi) is 4.74. The first-order chi connectivity index (χ1) is 12.1. The number of aromatic nitrogens is 2. The van der Waals surface area contributed by atoms with Gasteiger partial charge in [-0.25, -0.2) is 4.98 Å². The second-order valence-corrected chi connectivity index (χ2v) is 5.36. The third-order valence-electron chi connectivity index (χ3n) is 3.82. The van der Waals surface area contributed by atoms with Crippen LogP contribution in [-0.4, -0.2) is 31.3 Å². The Hall–Kier alpha value is -3.22. The Morgan fingerprint density at radius 3 is 2.44 bits per heavy atom. The van der Waals surface area contributed by atoms with E-state index >= 15 is 0 Å². The lowest BCUT2D eigenvalue weighted by molar-refractivity contribution is 0.356. The van der Waals surface area contributed by atoms with Crippen LogP contribution in [0.3, 0.4) is 0 Å². The monoisotopic (exact) mass is 340 g/mol. The highest BCUT2D eigenvalue weighted by molar-refractivity contribution is 5.91. The first-order valence-electron chi connectivity index (χ1n) is 7.70. The summed E-state index contributed by atoms with van der Waals surface area (Å²) >= 11 is 0. The van der Waals surface area contributed by atoms with Gasteiger partial charge in [-0.3, -0.25) is 0 Å². The summed E-state index contributed by atoms with van der Waals surface area (Å²) in [6, 6.07) is 11.3. The highest BCUT2D eigenvalue weighted by atomic mass is 16.5. The number of methoxy groups -OCH3 is 3. The highest BCUT2D eigenvalue weighted by Crippen LogP contribution is 2.33. The van der Waals surface area contributed by atoms with E-state index in [1.165, 1.54) is 0 Å². The molecule has 0 atom stereocenters. The summed E-state index contributed by atoms with van der Waals surface area (Å²) in [7, 11) is 4.79. The number of nitrogen functional groups attached to an aromatic ring is 1. The lowest BCUT2D eigenvalue weighted by atomic mass is 10.2. The Labute approximate surface area is 145 Å². The minimum Gasteiger partial charge on any atom is -0.497 e. The fourth-order valence-corrected chi connectivity index (χ4v) is 2.52. The van der Waals surface area contributed by atoms with Crippen molar-refractivity contribution in [3.63, 3.8) is 0 Å². The summed E-state index contributed by atoms with van der Waals surface area (Å²) < 4.78 is 15.8. The van der Waals surface area contributed by atoms with Crippen molar-refractivity contribution >= 4 is 22.7 Å². The maximum absolute atomic E-state index is 6.08. The average Bonchev–Trinajstić information content (AvgIpc) is 2.65. The number of nitrogens with one attached hydrogen (secondary N) is 1. The van der Waals surface area contributed by atoms with Gasteiger partial charge in [0.25, 0.3) is 0 Å². The number of fused-ring (bicyclic) bond motifs is 1. The molecule has 0 spiro atoms. The molecule has 0 bridgehead atoms. The molecule has 0 amide bonds. The van der Waals surface area contributed by atoms with Crippen LogP contribution in [-0.2, 0) is 6.54 Å². The quantitative estimate of drug-likeness (QED) is 0.713. The Morgan fingerprint density at radius 1 is 0.960 bits per heavy atom. The van der Waals surface area contributed by atoms with E-state index in [1.54, 1.807) is 33.5 Å². The van der Waals surface area contributed by atoms with E-state index in [1.807, 2.05) is 24.3 Å². The molecule has 3 rings (SSSR count). The van der Waals surface area contributed by atoms with E-state index in [9.17, 15) is 0 Å². The zero-order valence-electron chi connectivity index (χ0n) is 14.4. The van der Waals surface area contributed by atoms with E-state index < -0.39 is 0 Å². The zero-order chi connectivity index (χ0) is 17.8. The van der Waals surface area contributed by atoms with Crippen LogP contribution in [0.15, 0.2) is 36.4 Å². The molecule has 0 aliphatic heterocycles. The topological polar surface area (TPSA) is 91.5 Å². The minimum absolute atomic E-state index is 0.374. The molecule has 1 heterocycles. The van der Waals surface area contributed by atoms with E-state index in [-0.39, 0.29) is 0 Å². The van der Waals surface area contributed by atoms with Crippen LogP contribution >= 0.6 is 0 Å². The molecule has 0 radical (unpaired) electrons. The van der Waals surface area contributed by atoms with Crippen LogP contribution in [0, 0.1) is 0 Å². The molecule has 25 heavy (non-hydrogen) atoms. The molecule has 3 aromatic rings. The smallest absolute Gasteiger partial charge is 0.225 e. The summed E-state index contributed by atoms with van der Waals surface area (Å²) in [5.41, 5.74) is 7.81. The molecular weight excluding hydrogens is 320 g/mol. The summed E-state index contributed by atoms with van der Waals surface area (Å²) in [5.74, 6) is 2.79. The third-order valence-corrected chi connectivity index (χ3v) is 3.82. The van der Waals surface area contributed by atoms with Gasteiger partial charge in [-0.05, 0) is 23.8 Å². The molecule has 0 aliphatic carbocycles. The van der Waals surface area contributed by atoms with Crippen molar-refractivity contribution in [2.75, 3.05) is 32.4 Å². The van der Waals surface area contributed by atoms with Gasteiger partial charge in [0.15, 0.2) is 11.5 Å². The molecule has 1 aromatic heterocycles. The Morgan fingerprint density at radius 2 is 1.72 bits per heavy atom. The van der Waals surface area contributed by atoms with Crippen LogP contribution in [0.4, 0.5) is 11.8 Å². The largest absolute Gasteiger partial charge is 0.497 e. The summed E-state index contributed by atoms with van der Waals surface area (Å²) in [6.45, 7) is 0.551. The van der Waals surface area contributed by atoms with Crippen LogP contribution in [0.25, 0.3) is 10.9 Å². The molecule has 0 unspecified atom stereocenters. The summed E-state index contributed by atoms with van der Waals surface area (Å²) in [4.78, 5) is 8.83. The molecule has 7 nitrogen and oxygen atoms in total. The van der Waals surface area contributed by atoms with Gasteiger partial charge in [-0.2, -0.15) is 4.98 Å². The standard InChI is InChI=1S/C18H20N4O3/c1-23-12-6-4-5-11(7-12)10-20-18-21-14-9-16(25-3)15(24-2)8-13(14)17(19)22-18/h4-9H,10H2,1-3H3,(H3,19,20,21,22). The number of rotatable bonds is 6. The van der Waals surface area contributed by atoms with Crippen molar-refractivity contribution < 1.29 is 14.2 Å². The lowest BCUT2D eigenvalue weighted by Gasteiger charge is -2.12. The molecule has 0 aliphatic rings. The van der Waals surface area contributed by atoms with Gasteiger partial charge in [0.05, 0.1) is 26.8 Å². The van der Waals surface area contributed by atoms with Gasteiger partial charge in [0.1, 0.15) is 11.6 Å². The zero-order valence-corrected chi connectivity index (χ0v) is 14.4. The number of nitrogens with zero attached hydrogens (tertiary/aromatic N) is 2. The number of ether oxygens (including phenoxy) is 3. The van der Waals surface area contributed by atoms with Crippen molar-refractivity contribution in [3.8, 4) is 17.2 Å². The number of benzene rings is 2. The average molecular weight is 340 g/mol. The first-order valence-corrected chi connectivity index (χ1v) is 7.70. The van der Waals surface area contributed by atoms with Gasteiger partial charge >= 0.3 is 0 Å². The second-order valence-electron chi connectivity index (χ2n) is 5.36. The molecule has 0 fully saturated rings. The predicted octanol–water partition coefficient (Wildman–Crippen LogP) is 2.85. The third kappa shape index (κ3) is 3.50. The first kappa shape index (κ1) is 16.6. The van der Waals surface area contributed by atoms with E-state index in [4.69, 9.17) is 19.9 Å². The van der Waals surface area contributed by atoms with E-state index in [2.05, 4.69) is 15.3 Å². The minimum atomic E-state index is 0.374. The summed E-state index contributed by atoms with van der Waals surface area (Å²) in [6.07, 6.45) is 0. The van der Waals surface area contributed by atoms with Crippen LogP contribution in [0.1, 0.15) is 5.56 Å². The number of hydrogen-bond donors (Lipinski definition) is 2. The van der Waals surface area contributed by atoms with Gasteiger partial charge in [-0.1, -0.05) is 12.1 Å². The van der Waals surface area contributed by atoms with Gasteiger partial charge < -0.3 is 25.3 Å². The second kappa shape index (κ2) is 7.12. The van der Waals surface area contributed by atoms with E-state index in [0.29, 0.717) is 40.7 Å². The van der Waals surface area contributed by atoms with Crippen molar-refractivity contribution in [1.29, 1.82) is 0 Å². The lowest BCUT2D eigenvalue weighted by Crippen LogP contribution is -2.06. The Balaban J connectivity index is 1.89. The van der Waals surface area contributed by atoms with Crippen molar-refractivity contribution in [2.24, 2.45) is 0 Å². The Bertz CT molecular complexity index is 899. The maximum Gasteiger partial charge on any atom is 0.225 e. The molecule has 130 valence electrons. The molecule has 3 N–H and O–H groups in total. The maximum atomic E-state index is 6.08. The van der Waals surface area contributed by atoms with Crippen LogP contribution in [0.2, 0.25) is 0 Å². The van der Waals surface area contributed by atoms with Gasteiger partial charge in [-0.15, -0.1) is 0 Å². The normalized spacial score (nSPS) is 10.5. The van der Waals surface area contributed by atoms with Gasteiger partial charge in [0.2, 0.25) is 5.95 Å². The number of hydrogen-bond acceptors (Lipinski definition) is 7. The fourth-order valence-electron chi connectivity index (χ4n) is 2.52. The summed E-state index contributed by atoms with van der Waals surface area (Å²) in [5, 5.41) is 3.89. The highest BCUT2D eigenvalue weighted by Gasteiger charge is 2.11. The molecule has 7 heteroatoms. The van der Waals surface area contributed by atoms with E-state index in [0.717, 1.165) is 11.3 Å². The van der Waals surface area contributed by atoms with Crippen LogP contribution in [0.5, 0.6) is 17.2 Å². The fraction of sp³-hybridized carbons (Fsp3) is 0.222. The molecule has 0 saturated carbocycles. The van der Waals surface area contributed by atoms with Crippen molar-refractivity contribution in [3.05, 3.63) is 42.0 Å². The van der Waals surface area contributed by atoms with Crippen LogP contribution < -0.4 is 25.3 Å². The molecule has 2 aromatic carbocycles. The van der Waals surface area contributed by atoms with Crippen molar-refractivity contribution in [1.82, 2.24) is 9.97 Å².